The molecule has 3 nitrogen and oxygen atoms in total. The minimum atomic E-state index is 0.258. The molecule has 1 aliphatic rings. The first-order valence-corrected chi connectivity index (χ1v) is 6.82. The topological polar surface area (TPSA) is 35.5 Å². The van der Waals surface area contributed by atoms with Crippen molar-refractivity contribution in [2.45, 2.75) is 19.9 Å². The minimum absolute atomic E-state index is 0.258. The van der Waals surface area contributed by atoms with Crippen LogP contribution < -0.4 is 5.32 Å². The van der Waals surface area contributed by atoms with E-state index in [2.05, 4.69) is 33.1 Å². The number of nitrogens with one attached hydrogen (secondary N) is 1. The summed E-state index contributed by atoms with van der Waals surface area (Å²) in [5.41, 5.74) is 1.94. The first-order chi connectivity index (χ1) is 8.09. The van der Waals surface area contributed by atoms with Gasteiger partial charge in [0.25, 0.3) is 0 Å². The molecular formula is C13H19BrN2O. The van der Waals surface area contributed by atoms with Crippen LogP contribution in [0.5, 0.6) is 5.75 Å². The van der Waals surface area contributed by atoms with Crippen molar-refractivity contribution >= 4 is 15.9 Å². The quantitative estimate of drug-likeness (QED) is 0.880. The van der Waals surface area contributed by atoms with Gasteiger partial charge in [0, 0.05) is 42.3 Å². The van der Waals surface area contributed by atoms with E-state index in [4.69, 9.17) is 0 Å². The SMILES string of the molecule is Cc1cc(Br)cc([C@H](C)N2CCNCC2)c1O. The molecule has 0 saturated carbocycles. The highest BCUT2D eigenvalue weighted by atomic mass is 79.9. The van der Waals surface area contributed by atoms with E-state index in [0.29, 0.717) is 5.75 Å². The summed E-state index contributed by atoms with van der Waals surface area (Å²) in [7, 11) is 0. The molecule has 1 aromatic rings. The average molecular weight is 299 g/mol. The lowest BCUT2D eigenvalue weighted by atomic mass is 10.0. The van der Waals surface area contributed by atoms with Crippen molar-refractivity contribution in [2.24, 2.45) is 0 Å². The normalized spacial score (nSPS) is 19.2. The zero-order chi connectivity index (χ0) is 12.4. The zero-order valence-corrected chi connectivity index (χ0v) is 11.9. The maximum Gasteiger partial charge on any atom is 0.123 e. The summed E-state index contributed by atoms with van der Waals surface area (Å²) in [5, 5.41) is 13.5. The van der Waals surface area contributed by atoms with Gasteiger partial charge in [0.05, 0.1) is 0 Å². The summed E-state index contributed by atoms with van der Waals surface area (Å²) in [6.07, 6.45) is 0. The molecule has 0 aromatic heterocycles. The molecule has 1 aliphatic heterocycles. The molecule has 0 unspecified atom stereocenters. The van der Waals surface area contributed by atoms with Crippen molar-refractivity contribution in [3.8, 4) is 5.75 Å². The van der Waals surface area contributed by atoms with E-state index in [9.17, 15) is 5.11 Å². The number of hydrogen-bond donors (Lipinski definition) is 2. The second-order valence-corrected chi connectivity index (χ2v) is 5.54. The van der Waals surface area contributed by atoms with Crippen LogP contribution in [0.2, 0.25) is 0 Å². The van der Waals surface area contributed by atoms with Crippen LogP contribution in [0.3, 0.4) is 0 Å². The van der Waals surface area contributed by atoms with Gasteiger partial charge < -0.3 is 10.4 Å². The molecule has 0 aliphatic carbocycles. The number of hydrogen-bond acceptors (Lipinski definition) is 3. The van der Waals surface area contributed by atoms with Gasteiger partial charge in [-0.3, -0.25) is 4.90 Å². The van der Waals surface area contributed by atoms with Crippen molar-refractivity contribution in [1.82, 2.24) is 10.2 Å². The maximum atomic E-state index is 10.2. The van der Waals surface area contributed by atoms with Crippen LogP contribution in [-0.4, -0.2) is 36.2 Å². The Kier molecular flexibility index (Phi) is 4.07. The Morgan fingerprint density at radius 3 is 2.65 bits per heavy atom. The largest absolute Gasteiger partial charge is 0.507 e. The first kappa shape index (κ1) is 12.9. The zero-order valence-electron chi connectivity index (χ0n) is 10.3. The van der Waals surface area contributed by atoms with Crippen LogP contribution in [0.15, 0.2) is 16.6 Å². The highest BCUT2D eigenvalue weighted by Gasteiger charge is 2.21. The number of aryl methyl sites for hydroxylation is 1. The summed E-state index contributed by atoms with van der Waals surface area (Å²) < 4.78 is 1.03. The molecule has 0 spiro atoms. The van der Waals surface area contributed by atoms with Crippen molar-refractivity contribution in [3.63, 3.8) is 0 Å². The predicted molar refractivity (Wildman–Crippen MR) is 73.4 cm³/mol. The number of phenolic OH excluding ortho intramolecular Hbond substituents is 1. The van der Waals surface area contributed by atoms with Gasteiger partial charge in [0.1, 0.15) is 5.75 Å². The summed E-state index contributed by atoms with van der Waals surface area (Å²) in [4.78, 5) is 2.40. The lowest BCUT2D eigenvalue weighted by Gasteiger charge is -2.33. The van der Waals surface area contributed by atoms with Gasteiger partial charge in [0.2, 0.25) is 0 Å². The number of aromatic hydroxyl groups is 1. The van der Waals surface area contributed by atoms with Gasteiger partial charge in [-0.2, -0.15) is 0 Å². The molecule has 2 rings (SSSR count). The third-order valence-corrected chi connectivity index (χ3v) is 3.90. The molecule has 2 N–H and O–H groups in total. The average Bonchev–Trinajstić information content (AvgIpc) is 2.34. The monoisotopic (exact) mass is 298 g/mol. The van der Waals surface area contributed by atoms with Gasteiger partial charge in [-0.05, 0) is 31.5 Å². The fourth-order valence-electron chi connectivity index (χ4n) is 2.35. The second-order valence-electron chi connectivity index (χ2n) is 4.62. The predicted octanol–water partition coefficient (Wildman–Crippen LogP) is 2.43. The second kappa shape index (κ2) is 5.38. The molecule has 1 fully saturated rings. The van der Waals surface area contributed by atoms with Gasteiger partial charge in [-0.25, -0.2) is 0 Å². The number of rotatable bonds is 2. The smallest absolute Gasteiger partial charge is 0.123 e. The molecule has 4 heteroatoms. The van der Waals surface area contributed by atoms with Crippen LogP contribution in [0.25, 0.3) is 0 Å². The van der Waals surface area contributed by atoms with Gasteiger partial charge >= 0.3 is 0 Å². The van der Waals surface area contributed by atoms with E-state index in [1.165, 1.54) is 0 Å². The lowest BCUT2D eigenvalue weighted by molar-refractivity contribution is 0.183. The summed E-state index contributed by atoms with van der Waals surface area (Å²) in [6.45, 7) is 8.22. The van der Waals surface area contributed by atoms with E-state index < -0.39 is 0 Å². The molecule has 0 bridgehead atoms. The summed E-state index contributed by atoms with van der Waals surface area (Å²) >= 11 is 3.50. The summed E-state index contributed by atoms with van der Waals surface area (Å²) in [6, 6.07) is 4.23. The van der Waals surface area contributed by atoms with Gasteiger partial charge in [0.15, 0.2) is 0 Å². The Hall–Kier alpha value is -0.580. The summed E-state index contributed by atoms with van der Waals surface area (Å²) in [5.74, 6) is 0.430. The van der Waals surface area contributed by atoms with Crippen molar-refractivity contribution in [2.75, 3.05) is 26.2 Å². The highest BCUT2D eigenvalue weighted by molar-refractivity contribution is 9.10. The van der Waals surface area contributed by atoms with E-state index >= 15 is 0 Å². The highest BCUT2D eigenvalue weighted by Crippen LogP contribution is 2.33. The fourth-order valence-corrected chi connectivity index (χ4v) is 2.94. The lowest BCUT2D eigenvalue weighted by Crippen LogP contribution is -2.44. The molecule has 1 saturated heterocycles. The van der Waals surface area contributed by atoms with Crippen molar-refractivity contribution < 1.29 is 5.11 Å². The number of benzene rings is 1. The van der Waals surface area contributed by atoms with Crippen molar-refractivity contribution in [1.29, 1.82) is 0 Å². The van der Waals surface area contributed by atoms with Gasteiger partial charge in [-0.15, -0.1) is 0 Å². The third kappa shape index (κ3) is 2.81. The van der Waals surface area contributed by atoms with E-state index in [-0.39, 0.29) is 6.04 Å². The third-order valence-electron chi connectivity index (χ3n) is 3.44. The Morgan fingerprint density at radius 1 is 1.35 bits per heavy atom. The molecule has 94 valence electrons. The number of halogens is 1. The molecule has 17 heavy (non-hydrogen) atoms. The van der Waals surface area contributed by atoms with Crippen LogP contribution in [0.4, 0.5) is 0 Å². The van der Waals surface area contributed by atoms with Gasteiger partial charge in [-0.1, -0.05) is 15.9 Å². The molecule has 1 heterocycles. The number of piperazine rings is 1. The Bertz CT molecular complexity index is 403. The minimum Gasteiger partial charge on any atom is -0.507 e. The number of phenols is 1. The van der Waals surface area contributed by atoms with E-state index in [0.717, 1.165) is 41.8 Å². The molecule has 1 atom stereocenters. The van der Waals surface area contributed by atoms with E-state index in [1.807, 2.05) is 19.1 Å². The molecule has 0 radical (unpaired) electrons. The van der Waals surface area contributed by atoms with Crippen LogP contribution >= 0.6 is 15.9 Å². The van der Waals surface area contributed by atoms with Crippen LogP contribution in [-0.2, 0) is 0 Å². The molecule has 0 amide bonds. The van der Waals surface area contributed by atoms with E-state index in [1.54, 1.807) is 0 Å². The Labute approximate surface area is 111 Å². The van der Waals surface area contributed by atoms with Crippen molar-refractivity contribution in [3.05, 3.63) is 27.7 Å². The van der Waals surface area contributed by atoms with Crippen LogP contribution in [0, 0.1) is 6.92 Å². The maximum absolute atomic E-state index is 10.2. The Morgan fingerprint density at radius 2 is 2.00 bits per heavy atom. The molecule has 1 aromatic carbocycles. The number of nitrogens with zero attached hydrogens (tertiary/aromatic N) is 1. The van der Waals surface area contributed by atoms with Crippen LogP contribution in [0.1, 0.15) is 24.1 Å². The fraction of sp³-hybridized carbons (Fsp3) is 0.538. The standard InChI is InChI=1S/C13H19BrN2O/c1-9-7-11(14)8-12(13(9)17)10(2)16-5-3-15-4-6-16/h7-8,10,15,17H,3-6H2,1-2H3/t10-/m0/s1. The first-order valence-electron chi connectivity index (χ1n) is 6.03. The Balaban J connectivity index is 2.26. The molecular weight excluding hydrogens is 280 g/mol.